The molecule has 13 heteroatoms. The van der Waals surface area contributed by atoms with Gasteiger partial charge in [0.2, 0.25) is 0 Å². The van der Waals surface area contributed by atoms with Crippen molar-refractivity contribution in [3.05, 3.63) is 86.9 Å². The maximum atomic E-state index is 12.7. The number of fused-ring (bicyclic) bond motifs is 1. The molecule has 0 bridgehead atoms. The maximum Gasteiger partial charge on any atom is 0.294 e. The van der Waals surface area contributed by atoms with Crippen LogP contribution in [0.2, 0.25) is 10.0 Å². The lowest BCUT2D eigenvalue weighted by Crippen LogP contribution is -2.31. The number of hydrogen-bond donors (Lipinski definition) is 3. The highest BCUT2D eigenvalue weighted by atomic mass is 35.5. The van der Waals surface area contributed by atoms with Crippen molar-refractivity contribution in [2.24, 2.45) is 0 Å². The molecule has 4 rings (SSSR count). The number of anilines is 1. The molecule has 36 heavy (non-hydrogen) atoms. The molecule has 0 fully saturated rings. The molecular formula is C23H20Cl2N2O7S2. The van der Waals surface area contributed by atoms with Crippen LogP contribution in [-0.4, -0.2) is 50.3 Å². The van der Waals surface area contributed by atoms with Crippen molar-refractivity contribution in [1.82, 2.24) is 4.90 Å². The van der Waals surface area contributed by atoms with E-state index in [1.165, 1.54) is 0 Å². The fraction of sp³-hybridized carbons (Fsp3) is 0.174. The van der Waals surface area contributed by atoms with E-state index in [1.54, 1.807) is 18.2 Å². The lowest BCUT2D eigenvalue weighted by Gasteiger charge is -2.33. The van der Waals surface area contributed by atoms with Crippen molar-refractivity contribution in [2.45, 2.75) is 22.3 Å². The van der Waals surface area contributed by atoms with Gasteiger partial charge >= 0.3 is 0 Å². The van der Waals surface area contributed by atoms with Crippen LogP contribution in [0.5, 0.6) is 0 Å². The molecule has 0 radical (unpaired) electrons. The molecule has 1 aliphatic heterocycles. The van der Waals surface area contributed by atoms with Gasteiger partial charge in [0.25, 0.3) is 26.1 Å². The van der Waals surface area contributed by atoms with Crippen molar-refractivity contribution < 1.29 is 30.7 Å². The van der Waals surface area contributed by atoms with Gasteiger partial charge in [-0.15, -0.1) is 0 Å². The van der Waals surface area contributed by atoms with E-state index in [0.717, 1.165) is 35.4 Å². The Morgan fingerprint density at radius 2 is 1.53 bits per heavy atom. The number of amides is 1. The van der Waals surface area contributed by atoms with Gasteiger partial charge in [-0.3, -0.25) is 13.9 Å². The summed E-state index contributed by atoms with van der Waals surface area (Å²) in [6, 6.07) is 12.7. The topological polar surface area (TPSA) is 141 Å². The van der Waals surface area contributed by atoms with Gasteiger partial charge in [-0.25, -0.2) is 0 Å². The Morgan fingerprint density at radius 1 is 0.944 bits per heavy atom. The van der Waals surface area contributed by atoms with Crippen molar-refractivity contribution in [1.29, 1.82) is 0 Å². The Kier molecular flexibility index (Phi) is 7.19. The number of hydrogen-bond acceptors (Lipinski definition) is 6. The van der Waals surface area contributed by atoms with Crippen LogP contribution in [0.4, 0.5) is 5.69 Å². The summed E-state index contributed by atoms with van der Waals surface area (Å²) >= 11 is 12.7. The first-order valence-corrected chi connectivity index (χ1v) is 14.0. The molecule has 0 aromatic heterocycles. The Labute approximate surface area is 218 Å². The average Bonchev–Trinajstić information content (AvgIpc) is 2.78. The first-order chi connectivity index (χ1) is 16.7. The van der Waals surface area contributed by atoms with Crippen LogP contribution in [0.15, 0.2) is 64.4 Å². The Bertz CT molecular complexity index is 1520. The molecule has 190 valence electrons. The summed E-state index contributed by atoms with van der Waals surface area (Å²) in [7, 11) is -7.71. The van der Waals surface area contributed by atoms with Crippen LogP contribution in [0, 0.1) is 0 Å². The first kappa shape index (κ1) is 26.6. The third kappa shape index (κ3) is 5.73. The van der Waals surface area contributed by atoms with Gasteiger partial charge in [0.15, 0.2) is 0 Å². The summed E-state index contributed by atoms with van der Waals surface area (Å²) in [5.41, 5.74) is 2.91. The lowest BCUT2D eigenvalue weighted by molar-refractivity contribution is 0.102. The second-order valence-electron chi connectivity index (χ2n) is 8.42. The summed E-state index contributed by atoms with van der Waals surface area (Å²) in [6.07, 6.45) is 0. The summed E-state index contributed by atoms with van der Waals surface area (Å²) < 4.78 is 64.6. The number of likely N-dealkylation sites (N-methyl/N-ethyl adjacent to an activating group) is 1. The molecule has 1 atom stereocenters. The van der Waals surface area contributed by atoms with Crippen LogP contribution in [0.25, 0.3) is 0 Å². The van der Waals surface area contributed by atoms with Gasteiger partial charge in [0.1, 0.15) is 0 Å². The largest absolute Gasteiger partial charge is 0.322 e. The van der Waals surface area contributed by atoms with Crippen molar-refractivity contribution in [2.75, 3.05) is 18.9 Å². The molecule has 9 nitrogen and oxygen atoms in total. The normalized spacial score (nSPS) is 16.4. The number of carbonyl (C=O) groups is 1. The molecule has 0 spiro atoms. The Hall–Kier alpha value is -2.51. The molecule has 0 saturated heterocycles. The zero-order valence-corrected chi connectivity index (χ0v) is 21.8. The molecule has 3 N–H and O–H groups in total. The van der Waals surface area contributed by atoms with E-state index in [0.29, 0.717) is 28.3 Å². The van der Waals surface area contributed by atoms with E-state index in [9.17, 15) is 30.7 Å². The van der Waals surface area contributed by atoms with Crippen LogP contribution < -0.4 is 5.32 Å². The van der Waals surface area contributed by atoms with Gasteiger partial charge in [-0.1, -0.05) is 35.3 Å². The van der Waals surface area contributed by atoms with Gasteiger partial charge in [-0.05, 0) is 66.2 Å². The average molecular weight is 571 g/mol. The van der Waals surface area contributed by atoms with Crippen LogP contribution in [0.3, 0.4) is 0 Å². The van der Waals surface area contributed by atoms with Gasteiger partial charge in [-0.2, -0.15) is 16.8 Å². The minimum Gasteiger partial charge on any atom is -0.322 e. The molecule has 1 heterocycles. The zero-order chi connectivity index (χ0) is 26.4. The second kappa shape index (κ2) is 9.75. The molecule has 1 aliphatic rings. The molecule has 0 aliphatic carbocycles. The molecule has 3 aromatic carbocycles. The number of carbonyl (C=O) groups excluding carboxylic acids is 1. The van der Waals surface area contributed by atoms with Crippen LogP contribution in [0.1, 0.15) is 33.0 Å². The van der Waals surface area contributed by atoms with Crippen molar-refractivity contribution in [3.8, 4) is 0 Å². The molecular weight excluding hydrogens is 551 g/mol. The Morgan fingerprint density at radius 3 is 2.08 bits per heavy atom. The number of nitrogens with one attached hydrogen (secondary N) is 1. The molecule has 3 aromatic rings. The van der Waals surface area contributed by atoms with E-state index < -0.39 is 41.5 Å². The molecule has 1 unspecified atom stereocenters. The minimum absolute atomic E-state index is 0.0246. The highest BCUT2D eigenvalue weighted by Gasteiger charge is 2.27. The lowest BCUT2D eigenvalue weighted by atomic mass is 9.84. The number of halogens is 2. The summed E-state index contributed by atoms with van der Waals surface area (Å²) in [6.45, 7) is 1.40. The fourth-order valence-corrected chi connectivity index (χ4v) is 5.88. The first-order valence-electron chi connectivity index (χ1n) is 10.4. The number of rotatable bonds is 5. The van der Waals surface area contributed by atoms with Crippen molar-refractivity contribution in [3.63, 3.8) is 0 Å². The molecule has 1 amide bonds. The van der Waals surface area contributed by atoms with Gasteiger partial charge in [0.05, 0.1) is 9.79 Å². The Balaban J connectivity index is 1.62. The van der Waals surface area contributed by atoms with Crippen LogP contribution >= 0.6 is 23.2 Å². The van der Waals surface area contributed by atoms with E-state index in [2.05, 4.69) is 10.2 Å². The van der Waals surface area contributed by atoms with Gasteiger partial charge < -0.3 is 10.2 Å². The zero-order valence-electron chi connectivity index (χ0n) is 18.6. The SMILES string of the molecule is CN1Cc2c(Cl)cc(Cl)cc2C(c2ccc(NC(=O)c3cc(S(=O)(=O)O)cc(S(=O)(=O)O)c3)cc2)C1. The smallest absolute Gasteiger partial charge is 0.294 e. The standard InChI is InChI=1S/C23H20Cl2N2O7S2/c1-27-11-20(19-8-15(24)9-22(25)21(19)12-27)13-2-4-16(5-3-13)26-23(28)14-6-17(35(29,30)31)10-18(7-14)36(32,33)34/h2-10,20H,11-12H2,1H3,(H,26,28)(H,29,30,31)(H,32,33,34). The highest BCUT2D eigenvalue weighted by molar-refractivity contribution is 7.86. The van der Waals surface area contributed by atoms with E-state index in [-0.39, 0.29) is 5.92 Å². The third-order valence-corrected chi connectivity index (χ3v) is 8.02. The van der Waals surface area contributed by atoms with Gasteiger partial charge in [0, 0.05) is 40.3 Å². The maximum absolute atomic E-state index is 12.7. The fourth-order valence-electron chi connectivity index (χ4n) is 4.13. The van der Waals surface area contributed by atoms with E-state index >= 15 is 0 Å². The summed E-state index contributed by atoms with van der Waals surface area (Å²) in [5, 5.41) is 3.68. The predicted octanol–water partition coefficient (Wildman–Crippen LogP) is 4.32. The van der Waals surface area contributed by atoms with Crippen LogP contribution in [-0.2, 0) is 26.8 Å². The minimum atomic E-state index is -4.85. The molecule has 0 saturated carbocycles. The third-order valence-electron chi connectivity index (χ3n) is 5.80. The predicted molar refractivity (Wildman–Crippen MR) is 135 cm³/mol. The highest BCUT2D eigenvalue weighted by Crippen LogP contribution is 2.38. The number of benzene rings is 3. The van der Waals surface area contributed by atoms with E-state index in [1.807, 2.05) is 25.2 Å². The summed E-state index contributed by atoms with van der Waals surface area (Å²) in [5.74, 6) is -0.872. The van der Waals surface area contributed by atoms with Crippen molar-refractivity contribution >= 4 is 55.0 Å². The summed E-state index contributed by atoms with van der Waals surface area (Å²) in [4.78, 5) is 13.2. The second-order valence-corrected chi connectivity index (χ2v) is 12.1. The number of nitrogens with zero attached hydrogens (tertiary/aromatic N) is 1. The quantitative estimate of drug-likeness (QED) is 0.385. The van der Waals surface area contributed by atoms with E-state index in [4.69, 9.17) is 23.2 Å². The monoisotopic (exact) mass is 570 g/mol.